The van der Waals surface area contributed by atoms with Crippen LogP contribution in [0.4, 0.5) is 0 Å². The van der Waals surface area contributed by atoms with E-state index >= 15 is 0 Å². The van der Waals surface area contributed by atoms with Gasteiger partial charge in [-0.3, -0.25) is 4.79 Å². The van der Waals surface area contributed by atoms with Crippen molar-refractivity contribution in [3.8, 4) is 11.8 Å². The van der Waals surface area contributed by atoms with Crippen LogP contribution in [-0.2, 0) is 4.79 Å². The molecule has 3 nitrogen and oxygen atoms in total. The molecule has 0 spiro atoms. The van der Waals surface area contributed by atoms with Crippen molar-refractivity contribution < 1.29 is 4.79 Å². The summed E-state index contributed by atoms with van der Waals surface area (Å²) in [6, 6.07) is 0.300. The predicted molar refractivity (Wildman–Crippen MR) is 56.4 cm³/mol. The molecule has 1 aliphatic carbocycles. The monoisotopic (exact) mass is 194 g/mol. The molecule has 1 aliphatic rings. The molecule has 3 heteroatoms. The van der Waals surface area contributed by atoms with E-state index in [2.05, 4.69) is 17.2 Å². The first-order chi connectivity index (χ1) is 6.74. The minimum Gasteiger partial charge on any atom is -0.345 e. The molecule has 0 aromatic heterocycles. The van der Waals surface area contributed by atoms with Crippen LogP contribution in [0.2, 0.25) is 0 Å². The van der Waals surface area contributed by atoms with E-state index in [0.29, 0.717) is 12.6 Å². The number of amides is 1. The summed E-state index contributed by atoms with van der Waals surface area (Å²) in [7, 11) is 0. The number of hydrogen-bond donors (Lipinski definition) is 2. The van der Waals surface area contributed by atoms with Crippen molar-refractivity contribution in [2.45, 2.75) is 38.6 Å². The standard InChI is InChI=1S/C11H18N2O/c1-2-3-8-13-11(14)9-4-6-10(12)7-5-9/h9-10H,4-8,12H2,1H3,(H,13,14). The fraction of sp³-hybridized carbons (Fsp3) is 0.727. The van der Waals surface area contributed by atoms with Crippen LogP contribution < -0.4 is 11.1 Å². The Kier molecular flexibility index (Phi) is 4.48. The molecule has 3 N–H and O–H groups in total. The molecule has 0 heterocycles. The number of carbonyl (C=O) groups excluding carboxylic acids is 1. The van der Waals surface area contributed by atoms with E-state index in [0.717, 1.165) is 25.7 Å². The number of hydrogen-bond acceptors (Lipinski definition) is 2. The zero-order valence-electron chi connectivity index (χ0n) is 8.68. The van der Waals surface area contributed by atoms with Crippen LogP contribution in [0, 0.1) is 17.8 Å². The number of rotatable bonds is 2. The lowest BCUT2D eigenvalue weighted by molar-refractivity contribution is -0.125. The first-order valence-corrected chi connectivity index (χ1v) is 5.17. The number of carbonyl (C=O) groups is 1. The van der Waals surface area contributed by atoms with Crippen molar-refractivity contribution >= 4 is 5.91 Å². The first-order valence-electron chi connectivity index (χ1n) is 5.17. The van der Waals surface area contributed by atoms with Crippen LogP contribution in [0.3, 0.4) is 0 Å². The molecule has 1 rings (SSSR count). The maximum absolute atomic E-state index is 11.6. The number of nitrogens with two attached hydrogens (primary N) is 1. The Labute approximate surface area is 85.4 Å². The van der Waals surface area contributed by atoms with Gasteiger partial charge < -0.3 is 11.1 Å². The summed E-state index contributed by atoms with van der Waals surface area (Å²) in [5.74, 6) is 5.87. The van der Waals surface area contributed by atoms with Gasteiger partial charge in [0.1, 0.15) is 0 Å². The molecular formula is C11H18N2O. The molecule has 78 valence electrons. The Morgan fingerprint density at radius 3 is 2.64 bits per heavy atom. The van der Waals surface area contributed by atoms with E-state index in [9.17, 15) is 4.79 Å². The average Bonchev–Trinajstić information content (AvgIpc) is 2.19. The van der Waals surface area contributed by atoms with Gasteiger partial charge in [-0.25, -0.2) is 0 Å². The van der Waals surface area contributed by atoms with E-state index in [1.807, 2.05) is 0 Å². The zero-order valence-corrected chi connectivity index (χ0v) is 8.68. The van der Waals surface area contributed by atoms with Crippen molar-refractivity contribution in [1.29, 1.82) is 0 Å². The quantitative estimate of drug-likeness (QED) is 0.634. The summed E-state index contributed by atoms with van der Waals surface area (Å²) in [6.07, 6.45) is 3.79. The first kappa shape index (κ1) is 11.1. The van der Waals surface area contributed by atoms with Crippen LogP contribution in [0.5, 0.6) is 0 Å². The molecular weight excluding hydrogens is 176 g/mol. The molecule has 1 saturated carbocycles. The van der Waals surface area contributed by atoms with Gasteiger partial charge in [0.05, 0.1) is 6.54 Å². The summed E-state index contributed by atoms with van der Waals surface area (Å²) >= 11 is 0. The van der Waals surface area contributed by atoms with E-state index in [1.54, 1.807) is 6.92 Å². The molecule has 0 bridgehead atoms. The Bertz CT molecular complexity index is 244. The minimum atomic E-state index is 0.139. The Hall–Kier alpha value is -1.01. The van der Waals surface area contributed by atoms with Crippen LogP contribution in [0.25, 0.3) is 0 Å². The van der Waals surface area contributed by atoms with Gasteiger partial charge in [0.25, 0.3) is 0 Å². The molecule has 1 amide bonds. The highest BCUT2D eigenvalue weighted by Gasteiger charge is 2.23. The van der Waals surface area contributed by atoms with Gasteiger partial charge in [-0.05, 0) is 32.6 Å². The molecule has 1 fully saturated rings. The third kappa shape index (κ3) is 3.39. The van der Waals surface area contributed by atoms with E-state index in [4.69, 9.17) is 5.73 Å². The van der Waals surface area contributed by atoms with E-state index in [-0.39, 0.29) is 11.8 Å². The molecule has 14 heavy (non-hydrogen) atoms. The summed E-state index contributed by atoms with van der Waals surface area (Å²) in [5.41, 5.74) is 5.76. The SMILES string of the molecule is CC#CCNC(=O)C1CCC(N)CC1. The second-order valence-corrected chi connectivity index (χ2v) is 3.76. The lowest BCUT2D eigenvalue weighted by Crippen LogP contribution is -2.36. The maximum Gasteiger partial charge on any atom is 0.223 e. The van der Waals surface area contributed by atoms with Crippen LogP contribution in [-0.4, -0.2) is 18.5 Å². The zero-order chi connectivity index (χ0) is 10.4. The lowest BCUT2D eigenvalue weighted by Gasteiger charge is -2.24. The van der Waals surface area contributed by atoms with Crippen molar-refractivity contribution in [1.82, 2.24) is 5.32 Å². The van der Waals surface area contributed by atoms with Crippen LogP contribution >= 0.6 is 0 Å². The highest BCUT2D eigenvalue weighted by atomic mass is 16.1. The highest BCUT2D eigenvalue weighted by molar-refractivity contribution is 5.78. The third-order valence-corrected chi connectivity index (χ3v) is 2.67. The Balaban J connectivity index is 2.26. The van der Waals surface area contributed by atoms with Gasteiger partial charge >= 0.3 is 0 Å². The van der Waals surface area contributed by atoms with Crippen LogP contribution in [0.1, 0.15) is 32.6 Å². The van der Waals surface area contributed by atoms with Crippen LogP contribution in [0.15, 0.2) is 0 Å². The molecule has 0 unspecified atom stereocenters. The minimum absolute atomic E-state index is 0.139. The van der Waals surface area contributed by atoms with Crippen molar-refractivity contribution in [2.75, 3.05) is 6.54 Å². The summed E-state index contributed by atoms with van der Waals surface area (Å²) < 4.78 is 0. The lowest BCUT2D eigenvalue weighted by atomic mass is 9.86. The van der Waals surface area contributed by atoms with Crippen molar-refractivity contribution in [3.63, 3.8) is 0 Å². The van der Waals surface area contributed by atoms with Crippen molar-refractivity contribution in [2.24, 2.45) is 11.7 Å². The highest BCUT2D eigenvalue weighted by Crippen LogP contribution is 2.22. The molecule has 0 radical (unpaired) electrons. The summed E-state index contributed by atoms with van der Waals surface area (Å²) in [5, 5.41) is 2.81. The van der Waals surface area contributed by atoms with Crippen molar-refractivity contribution in [3.05, 3.63) is 0 Å². The largest absolute Gasteiger partial charge is 0.345 e. The van der Waals surface area contributed by atoms with Gasteiger partial charge in [0.15, 0.2) is 0 Å². The fourth-order valence-corrected chi connectivity index (χ4v) is 1.75. The normalized spacial score (nSPS) is 26.1. The Morgan fingerprint density at radius 1 is 1.43 bits per heavy atom. The number of nitrogens with one attached hydrogen (secondary N) is 1. The smallest absolute Gasteiger partial charge is 0.223 e. The van der Waals surface area contributed by atoms with E-state index in [1.165, 1.54) is 0 Å². The van der Waals surface area contributed by atoms with Gasteiger partial charge in [-0.2, -0.15) is 0 Å². The second-order valence-electron chi connectivity index (χ2n) is 3.76. The molecule has 0 aromatic carbocycles. The fourth-order valence-electron chi connectivity index (χ4n) is 1.75. The average molecular weight is 194 g/mol. The van der Waals surface area contributed by atoms with Gasteiger partial charge in [-0.1, -0.05) is 5.92 Å². The molecule has 0 atom stereocenters. The second kappa shape index (κ2) is 5.66. The molecule has 0 aromatic rings. The Morgan fingerprint density at radius 2 is 2.07 bits per heavy atom. The van der Waals surface area contributed by atoms with E-state index < -0.39 is 0 Å². The third-order valence-electron chi connectivity index (χ3n) is 2.67. The topological polar surface area (TPSA) is 55.1 Å². The summed E-state index contributed by atoms with van der Waals surface area (Å²) in [6.45, 7) is 2.24. The molecule has 0 saturated heterocycles. The van der Waals surface area contributed by atoms with Gasteiger partial charge in [-0.15, -0.1) is 5.92 Å². The predicted octanol–water partition coefficient (Wildman–Crippen LogP) is 0.643. The van der Waals surface area contributed by atoms with Gasteiger partial charge in [0.2, 0.25) is 5.91 Å². The summed E-state index contributed by atoms with van der Waals surface area (Å²) in [4.78, 5) is 11.6. The maximum atomic E-state index is 11.6. The molecule has 0 aliphatic heterocycles. The van der Waals surface area contributed by atoms with Gasteiger partial charge in [0, 0.05) is 12.0 Å².